The maximum absolute atomic E-state index is 12.1. The minimum absolute atomic E-state index is 0.0557. The highest BCUT2D eigenvalue weighted by molar-refractivity contribution is 6.30. The topological polar surface area (TPSA) is 29.1 Å². The highest BCUT2D eigenvalue weighted by Gasteiger charge is 2.13. The quantitative estimate of drug-likeness (QED) is 0.889. The lowest BCUT2D eigenvalue weighted by molar-refractivity contribution is -0.124. The Morgan fingerprint density at radius 3 is 2.35 bits per heavy atom. The molecule has 1 atom stereocenters. The van der Waals surface area contributed by atoms with E-state index in [4.69, 9.17) is 11.6 Å². The molecule has 0 bridgehead atoms. The van der Waals surface area contributed by atoms with E-state index in [0.29, 0.717) is 6.54 Å². The number of nitrogens with one attached hydrogen (secondary N) is 1. The molecule has 0 heterocycles. The van der Waals surface area contributed by atoms with Gasteiger partial charge in [0, 0.05) is 17.5 Å². The molecule has 1 N–H and O–H groups in total. The summed E-state index contributed by atoms with van der Waals surface area (Å²) in [7, 11) is 0. The average molecular weight is 288 g/mol. The zero-order chi connectivity index (χ0) is 14.4. The molecular formula is C17H18ClNO. The summed E-state index contributed by atoms with van der Waals surface area (Å²) in [5, 5.41) is 3.68. The molecule has 0 aliphatic carbocycles. The van der Waals surface area contributed by atoms with Gasteiger partial charge in [-0.2, -0.15) is 0 Å². The largest absolute Gasteiger partial charge is 0.352 e. The third-order valence-corrected chi connectivity index (χ3v) is 3.46. The summed E-state index contributed by atoms with van der Waals surface area (Å²) >= 11 is 5.85. The number of hydrogen-bond donors (Lipinski definition) is 1. The van der Waals surface area contributed by atoms with Crippen molar-refractivity contribution in [3.05, 3.63) is 70.7 Å². The Morgan fingerprint density at radius 2 is 1.70 bits per heavy atom. The molecule has 2 nitrogen and oxygen atoms in total. The highest BCUT2D eigenvalue weighted by Crippen LogP contribution is 2.13. The van der Waals surface area contributed by atoms with E-state index in [1.807, 2.05) is 61.5 Å². The van der Waals surface area contributed by atoms with Gasteiger partial charge in [0.25, 0.3) is 0 Å². The number of rotatable bonds is 5. The van der Waals surface area contributed by atoms with Gasteiger partial charge in [-0.1, -0.05) is 61.0 Å². The molecule has 2 rings (SSSR count). The summed E-state index contributed by atoms with van der Waals surface area (Å²) in [5.74, 6) is 0.0173. The lowest BCUT2D eigenvalue weighted by atomic mass is 10.0. The van der Waals surface area contributed by atoms with Crippen LogP contribution >= 0.6 is 11.6 Å². The van der Waals surface area contributed by atoms with Crippen molar-refractivity contribution in [3.8, 4) is 0 Å². The van der Waals surface area contributed by atoms with E-state index in [-0.39, 0.29) is 11.8 Å². The number of benzene rings is 2. The molecular weight excluding hydrogens is 270 g/mol. The first-order valence-corrected chi connectivity index (χ1v) is 7.09. The van der Waals surface area contributed by atoms with Crippen molar-refractivity contribution in [1.29, 1.82) is 0 Å². The third kappa shape index (κ3) is 4.39. The molecule has 2 aromatic carbocycles. The maximum atomic E-state index is 12.1. The Hall–Kier alpha value is -1.80. The number of carbonyl (C=O) groups excluding carboxylic acids is 1. The highest BCUT2D eigenvalue weighted by atomic mass is 35.5. The Labute approximate surface area is 124 Å². The van der Waals surface area contributed by atoms with Crippen LogP contribution in [-0.4, -0.2) is 5.91 Å². The molecule has 0 aliphatic rings. The molecule has 0 aromatic heterocycles. The smallest absolute Gasteiger partial charge is 0.223 e. The van der Waals surface area contributed by atoms with Crippen molar-refractivity contribution in [2.75, 3.05) is 0 Å². The molecule has 2 aromatic rings. The van der Waals surface area contributed by atoms with Gasteiger partial charge in [0.1, 0.15) is 0 Å². The van der Waals surface area contributed by atoms with Gasteiger partial charge in [0.05, 0.1) is 0 Å². The summed E-state index contributed by atoms with van der Waals surface area (Å²) in [4.78, 5) is 12.1. The van der Waals surface area contributed by atoms with Crippen molar-refractivity contribution < 1.29 is 4.79 Å². The first-order chi connectivity index (χ1) is 9.65. The number of amides is 1. The van der Waals surface area contributed by atoms with Crippen molar-refractivity contribution in [2.24, 2.45) is 5.92 Å². The predicted molar refractivity (Wildman–Crippen MR) is 82.6 cm³/mol. The van der Waals surface area contributed by atoms with E-state index in [1.165, 1.54) is 0 Å². The molecule has 0 spiro atoms. The van der Waals surface area contributed by atoms with Crippen LogP contribution in [0.3, 0.4) is 0 Å². The summed E-state index contributed by atoms with van der Waals surface area (Å²) in [6.07, 6.45) is 0.720. The lowest BCUT2D eigenvalue weighted by Gasteiger charge is -2.12. The normalized spacial score (nSPS) is 11.9. The molecule has 0 radical (unpaired) electrons. The van der Waals surface area contributed by atoms with Crippen LogP contribution in [0.2, 0.25) is 5.02 Å². The molecule has 3 heteroatoms. The Morgan fingerprint density at radius 1 is 1.05 bits per heavy atom. The van der Waals surface area contributed by atoms with Gasteiger partial charge in [-0.3, -0.25) is 4.79 Å². The molecule has 0 fully saturated rings. The van der Waals surface area contributed by atoms with Gasteiger partial charge in [0.2, 0.25) is 5.91 Å². The third-order valence-electron chi connectivity index (χ3n) is 3.21. The van der Waals surface area contributed by atoms with Crippen LogP contribution in [0, 0.1) is 5.92 Å². The number of carbonyl (C=O) groups is 1. The van der Waals surface area contributed by atoms with Crippen LogP contribution in [-0.2, 0) is 17.8 Å². The Bertz CT molecular complexity index is 551. The average Bonchev–Trinajstić information content (AvgIpc) is 2.48. The van der Waals surface area contributed by atoms with Crippen LogP contribution in [0.25, 0.3) is 0 Å². The van der Waals surface area contributed by atoms with Gasteiger partial charge in [-0.25, -0.2) is 0 Å². The van der Waals surface area contributed by atoms with E-state index in [1.54, 1.807) is 0 Å². The second-order valence-electron chi connectivity index (χ2n) is 4.94. The monoisotopic (exact) mass is 287 g/mol. The second kappa shape index (κ2) is 7.11. The molecule has 1 amide bonds. The van der Waals surface area contributed by atoms with Crippen molar-refractivity contribution in [2.45, 2.75) is 19.9 Å². The summed E-state index contributed by atoms with van der Waals surface area (Å²) in [6, 6.07) is 17.5. The fraction of sp³-hybridized carbons (Fsp3) is 0.235. The predicted octanol–water partition coefficient (Wildman–Crippen LogP) is 3.84. The van der Waals surface area contributed by atoms with E-state index >= 15 is 0 Å². The standard InChI is InChI=1S/C17H18ClNO/c1-13(11-14-7-9-16(18)10-8-14)17(20)19-12-15-5-3-2-4-6-15/h2-10,13H,11-12H2,1H3,(H,19,20). The van der Waals surface area contributed by atoms with Crippen molar-refractivity contribution in [3.63, 3.8) is 0 Å². The Kier molecular flexibility index (Phi) is 5.19. The fourth-order valence-electron chi connectivity index (χ4n) is 2.03. The molecule has 0 saturated carbocycles. The summed E-state index contributed by atoms with van der Waals surface area (Å²) in [5.41, 5.74) is 2.23. The van der Waals surface area contributed by atoms with Crippen LogP contribution < -0.4 is 5.32 Å². The number of halogens is 1. The van der Waals surface area contributed by atoms with Crippen LogP contribution in [0.15, 0.2) is 54.6 Å². The number of hydrogen-bond acceptors (Lipinski definition) is 1. The van der Waals surface area contributed by atoms with Gasteiger partial charge >= 0.3 is 0 Å². The minimum atomic E-state index is -0.0557. The minimum Gasteiger partial charge on any atom is -0.352 e. The van der Waals surface area contributed by atoms with Crippen LogP contribution in [0.5, 0.6) is 0 Å². The van der Waals surface area contributed by atoms with Gasteiger partial charge in [-0.15, -0.1) is 0 Å². The molecule has 1 unspecified atom stereocenters. The maximum Gasteiger partial charge on any atom is 0.223 e. The van der Waals surface area contributed by atoms with Crippen LogP contribution in [0.4, 0.5) is 0 Å². The van der Waals surface area contributed by atoms with E-state index in [9.17, 15) is 4.79 Å². The van der Waals surface area contributed by atoms with E-state index in [0.717, 1.165) is 22.6 Å². The summed E-state index contributed by atoms with van der Waals surface area (Å²) in [6.45, 7) is 2.51. The molecule has 104 valence electrons. The van der Waals surface area contributed by atoms with Gasteiger partial charge in [0.15, 0.2) is 0 Å². The van der Waals surface area contributed by atoms with Crippen molar-refractivity contribution in [1.82, 2.24) is 5.32 Å². The van der Waals surface area contributed by atoms with Crippen molar-refractivity contribution >= 4 is 17.5 Å². The zero-order valence-electron chi connectivity index (χ0n) is 11.5. The van der Waals surface area contributed by atoms with Crippen LogP contribution in [0.1, 0.15) is 18.1 Å². The molecule has 20 heavy (non-hydrogen) atoms. The second-order valence-corrected chi connectivity index (χ2v) is 5.37. The first-order valence-electron chi connectivity index (χ1n) is 6.71. The van der Waals surface area contributed by atoms with Gasteiger partial charge < -0.3 is 5.32 Å². The van der Waals surface area contributed by atoms with E-state index in [2.05, 4.69) is 5.32 Å². The van der Waals surface area contributed by atoms with E-state index < -0.39 is 0 Å². The SMILES string of the molecule is CC(Cc1ccc(Cl)cc1)C(=O)NCc1ccccc1. The lowest BCUT2D eigenvalue weighted by Crippen LogP contribution is -2.29. The zero-order valence-corrected chi connectivity index (χ0v) is 12.2. The molecule has 0 saturated heterocycles. The first kappa shape index (κ1) is 14.6. The molecule has 0 aliphatic heterocycles. The fourth-order valence-corrected chi connectivity index (χ4v) is 2.15. The summed E-state index contributed by atoms with van der Waals surface area (Å²) < 4.78 is 0. The Balaban J connectivity index is 1.84. The van der Waals surface area contributed by atoms with Gasteiger partial charge in [-0.05, 0) is 29.7 Å².